The molecule has 5 atom stereocenters. The number of nitrogens with zero attached hydrogens (tertiary/aromatic N) is 3. The maximum Gasteiger partial charge on any atom is 0.259 e. The van der Waals surface area contributed by atoms with Crippen molar-refractivity contribution in [2.75, 3.05) is 6.54 Å². The second-order valence-corrected chi connectivity index (χ2v) is 18.2. The number of carbonyl (C=O) groups excluding carboxylic acids is 4. The highest BCUT2D eigenvalue weighted by Crippen LogP contribution is 2.47. The lowest BCUT2D eigenvalue weighted by atomic mass is 10.0. The second-order valence-electron chi connectivity index (χ2n) is 15.1. The molecule has 2 saturated carbocycles. The van der Waals surface area contributed by atoms with Crippen LogP contribution in [-0.2, 0) is 24.4 Å². The number of fused-ring (bicyclic) bond motifs is 3. The number of nitrogens with one attached hydrogen (secondary N) is 3. The number of carbonyl (C=O) groups is 4. The standard InChI is InChI=1S/C38H41BrF2N6O7S/c1-21-34(44-29-17-25(41)16-27(39)31(29)42-21)54-26-18-30-33(49)45-38(36(51)46-55(52,53)37(2)14-15-37)19-23(38)8-6-4-3-5-7-9-28(35(50)47(30)20-26)43-32(48)22-10-12-24(40)13-11-22/h6,8,10-13,16-17,23,26,28,30H,3-5,7,9,14-15,18-20H2,1-2H3,(H,43,48)(H,45,49)(H,46,51). The zero-order valence-corrected chi connectivity index (χ0v) is 32.6. The maximum atomic E-state index is 14.5. The van der Waals surface area contributed by atoms with E-state index in [1.54, 1.807) is 13.8 Å². The van der Waals surface area contributed by atoms with Crippen LogP contribution in [0.1, 0.15) is 80.8 Å². The minimum Gasteiger partial charge on any atom is -0.471 e. The van der Waals surface area contributed by atoms with Gasteiger partial charge in [0.15, 0.2) is 0 Å². The molecule has 3 aromatic rings. The molecule has 3 fully saturated rings. The van der Waals surface area contributed by atoms with Gasteiger partial charge in [0.25, 0.3) is 11.8 Å². The van der Waals surface area contributed by atoms with Crippen molar-refractivity contribution in [2.24, 2.45) is 5.92 Å². The van der Waals surface area contributed by atoms with Crippen molar-refractivity contribution >= 4 is 60.6 Å². The Balaban J connectivity index is 1.20. The van der Waals surface area contributed by atoms with E-state index >= 15 is 0 Å². The Morgan fingerprint density at radius 3 is 2.53 bits per heavy atom. The summed E-state index contributed by atoms with van der Waals surface area (Å²) >= 11 is 3.31. The van der Waals surface area contributed by atoms with Gasteiger partial charge in [-0.1, -0.05) is 25.0 Å². The summed E-state index contributed by atoms with van der Waals surface area (Å²) in [6, 6.07) is 5.08. The van der Waals surface area contributed by atoms with Gasteiger partial charge in [-0.2, -0.15) is 0 Å². The van der Waals surface area contributed by atoms with Gasteiger partial charge in [0.2, 0.25) is 27.7 Å². The first-order chi connectivity index (χ1) is 26.1. The molecule has 0 radical (unpaired) electrons. The maximum absolute atomic E-state index is 14.5. The molecule has 0 bridgehead atoms. The molecule has 4 aliphatic rings. The Morgan fingerprint density at radius 2 is 1.80 bits per heavy atom. The minimum atomic E-state index is -4.03. The SMILES string of the molecule is Cc1nc2c(Br)cc(F)cc2nc1OC1CC2C(=O)NC3(C(=O)NS(=O)(=O)C4(C)CC4)CC3C=CCCCCCC(NC(=O)c3ccc(F)cc3)C(=O)N2C1. The Morgan fingerprint density at radius 1 is 1.05 bits per heavy atom. The highest BCUT2D eigenvalue weighted by atomic mass is 79.9. The highest BCUT2D eigenvalue weighted by molar-refractivity contribution is 9.10. The molecule has 2 aliphatic heterocycles. The number of aromatic nitrogens is 2. The Bertz CT molecular complexity index is 2200. The number of ether oxygens (including phenoxy) is 1. The Hall–Kier alpha value is -4.51. The lowest BCUT2D eigenvalue weighted by Crippen LogP contribution is -2.58. The average Bonchev–Trinajstić information content (AvgIpc) is 4.01. The number of halogens is 3. The van der Waals surface area contributed by atoms with Crippen molar-refractivity contribution in [3.63, 3.8) is 0 Å². The second kappa shape index (κ2) is 14.9. The molecule has 3 heterocycles. The summed E-state index contributed by atoms with van der Waals surface area (Å²) in [7, 11) is -4.03. The van der Waals surface area contributed by atoms with Crippen LogP contribution < -0.4 is 20.1 Å². The summed E-state index contributed by atoms with van der Waals surface area (Å²) in [5, 5.41) is 5.61. The Kier molecular flexibility index (Phi) is 10.5. The van der Waals surface area contributed by atoms with Crippen LogP contribution in [0, 0.1) is 24.5 Å². The number of benzene rings is 2. The molecule has 2 aliphatic carbocycles. The van der Waals surface area contributed by atoms with E-state index in [0.29, 0.717) is 47.8 Å². The third-order valence-electron chi connectivity index (χ3n) is 11.0. The summed E-state index contributed by atoms with van der Waals surface area (Å²) in [6.07, 6.45) is 6.70. The fourth-order valence-corrected chi connectivity index (χ4v) is 9.04. The number of amides is 4. The highest BCUT2D eigenvalue weighted by Gasteiger charge is 2.63. The quantitative estimate of drug-likeness (QED) is 0.289. The molecule has 4 amide bonds. The topological polar surface area (TPSA) is 177 Å². The zero-order chi connectivity index (χ0) is 39.3. The van der Waals surface area contributed by atoms with Crippen LogP contribution in [0.4, 0.5) is 8.78 Å². The zero-order valence-electron chi connectivity index (χ0n) is 30.2. The number of aryl methyl sites for hydroxylation is 1. The number of allylic oxidation sites excluding steroid dienone is 1. The van der Waals surface area contributed by atoms with Crippen LogP contribution in [0.15, 0.2) is 53.0 Å². The average molecular weight is 844 g/mol. The van der Waals surface area contributed by atoms with E-state index < -0.39 is 79.7 Å². The van der Waals surface area contributed by atoms with E-state index in [4.69, 9.17) is 4.74 Å². The molecule has 7 rings (SSSR count). The molecule has 13 nitrogen and oxygen atoms in total. The monoisotopic (exact) mass is 842 g/mol. The van der Waals surface area contributed by atoms with Crippen LogP contribution >= 0.6 is 15.9 Å². The van der Waals surface area contributed by atoms with Crippen LogP contribution in [0.5, 0.6) is 5.88 Å². The van der Waals surface area contributed by atoms with Gasteiger partial charge < -0.3 is 20.3 Å². The molecular formula is C38H41BrF2N6O7S. The van der Waals surface area contributed by atoms with Gasteiger partial charge in [0.1, 0.15) is 46.6 Å². The van der Waals surface area contributed by atoms with Crippen LogP contribution in [0.25, 0.3) is 11.0 Å². The molecule has 0 spiro atoms. The fraction of sp³-hybridized carbons (Fsp3) is 0.474. The number of sulfonamides is 1. The first kappa shape index (κ1) is 38.8. The van der Waals surface area contributed by atoms with E-state index in [0.717, 1.165) is 18.6 Å². The van der Waals surface area contributed by atoms with Gasteiger partial charge in [-0.05, 0) is 98.6 Å². The van der Waals surface area contributed by atoms with Crippen molar-refractivity contribution in [3.05, 3.63) is 75.9 Å². The van der Waals surface area contributed by atoms with Gasteiger partial charge in [0.05, 0.1) is 16.8 Å². The molecule has 1 saturated heterocycles. The minimum absolute atomic E-state index is 0.0588. The van der Waals surface area contributed by atoms with Gasteiger partial charge in [-0.25, -0.2) is 27.2 Å². The van der Waals surface area contributed by atoms with E-state index in [9.17, 15) is 36.4 Å². The van der Waals surface area contributed by atoms with Gasteiger partial charge in [0, 0.05) is 28.4 Å². The lowest BCUT2D eigenvalue weighted by molar-refractivity contribution is -0.141. The largest absolute Gasteiger partial charge is 0.471 e. The first-order valence-corrected chi connectivity index (χ1v) is 20.6. The molecule has 17 heteroatoms. The summed E-state index contributed by atoms with van der Waals surface area (Å²) in [6.45, 7) is 3.09. The number of rotatable bonds is 7. The van der Waals surface area contributed by atoms with Crippen LogP contribution in [0.3, 0.4) is 0 Å². The molecular weight excluding hydrogens is 802 g/mol. The van der Waals surface area contributed by atoms with Crippen molar-refractivity contribution in [1.82, 2.24) is 30.2 Å². The smallest absolute Gasteiger partial charge is 0.259 e. The molecule has 292 valence electrons. The van der Waals surface area contributed by atoms with E-state index in [1.807, 2.05) is 12.2 Å². The first-order valence-electron chi connectivity index (χ1n) is 18.3. The van der Waals surface area contributed by atoms with Crippen LogP contribution in [0.2, 0.25) is 0 Å². The summed E-state index contributed by atoms with van der Waals surface area (Å²) in [5.41, 5.74) is -0.433. The van der Waals surface area contributed by atoms with Crippen molar-refractivity contribution in [1.29, 1.82) is 0 Å². The van der Waals surface area contributed by atoms with Crippen molar-refractivity contribution < 1.29 is 41.1 Å². The fourth-order valence-electron chi connectivity index (χ4n) is 7.21. The lowest BCUT2D eigenvalue weighted by Gasteiger charge is -2.30. The molecule has 5 unspecified atom stereocenters. The van der Waals surface area contributed by atoms with Gasteiger partial charge in [-0.3, -0.25) is 23.9 Å². The van der Waals surface area contributed by atoms with Crippen LogP contribution in [-0.4, -0.2) is 81.9 Å². The van der Waals surface area contributed by atoms with Gasteiger partial charge >= 0.3 is 0 Å². The predicted octanol–water partition coefficient (Wildman–Crippen LogP) is 4.52. The molecule has 1 aromatic heterocycles. The molecule has 3 N–H and O–H groups in total. The van der Waals surface area contributed by atoms with E-state index in [-0.39, 0.29) is 42.8 Å². The number of hydrogen-bond acceptors (Lipinski definition) is 9. The van der Waals surface area contributed by atoms with E-state index in [1.165, 1.54) is 29.2 Å². The summed E-state index contributed by atoms with van der Waals surface area (Å²) in [5.74, 6) is -4.22. The number of hydrogen-bond donors (Lipinski definition) is 3. The molecule has 55 heavy (non-hydrogen) atoms. The van der Waals surface area contributed by atoms with Crippen molar-refractivity contribution in [2.45, 2.75) is 100 Å². The van der Waals surface area contributed by atoms with Gasteiger partial charge in [-0.15, -0.1) is 0 Å². The predicted molar refractivity (Wildman–Crippen MR) is 200 cm³/mol. The third-order valence-corrected chi connectivity index (χ3v) is 13.7. The molecule has 2 aromatic carbocycles. The normalized spacial score (nSPS) is 26.5. The summed E-state index contributed by atoms with van der Waals surface area (Å²) in [4.78, 5) is 66.4. The van der Waals surface area contributed by atoms with E-state index in [2.05, 4.69) is 41.3 Å². The third kappa shape index (κ3) is 7.95. The van der Waals surface area contributed by atoms with Crippen molar-refractivity contribution in [3.8, 4) is 5.88 Å². The summed E-state index contributed by atoms with van der Waals surface area (Å²) < 4.78 is 62.0. The Labute approximate surface area is 325 Å².